The standard InChI is InChI=1S/C12H11FN4O3/c1-20-7-2-3-8(13)9(6-7)15-11-5-4-10(17(18)19)12(14)16-11/h2-6H,1H3,(H3,14,15,16). The van der Waals surface area contributed by atoms with Gasteiger partial charge in [-0.3, -0.25) is 10.1 Å². The van der Waals surface area contributed by atoms with Crippen molar-refractivity contribution in [2.24, 2.45) is 0 Å². The number of nitrogens with one attached hydrogen (secondary N) is 1. The molecule has 0 aliphatic rings. The van der Waals surface area contributed by atoms with E-state index < -0.39 is 10.7 Å². The lowest BCUT2D eigenvalue weighted by Gasteiger charge is -2.09. The number of methoxy groups -OCH3 is 1. The second-order valence-electron chi connectivity index (χ2n) is 3.83. The van der Waals surface area contributed by atoms with Gasteiger partial charge in [-0.15, -0.1) is 0 Å². The maximum Gasteiger partial charge on any atom is 0.311 e. The zero-order chi connectivity index (χ0) is 14.7. The van der Waals surface area contributed by atoms with Crippen molar-refractivity contribution in [1.82, 2.24) is 4.98 Å². The number of nitrogens with zero attached hydrogens (tertiary/aromatic N) is 2. The molecule has 0 atom stereocenters. The molecule has 0 saturated heterocycles. The van der Waals surface area contributed by atoms with E-state index in [9.17, 15) is 14.5 Å². The van der Waals surface area contributed by atoms with Gasteiger partial charge >= 0.3 is 5.69 Å². The first-order chi connectivity index (χ1) is 9.51. The Balaban J connectivity index is 2.30. The minimum absolute atomic E-state index is 0.130. The third kappa shape index (κ3) is 2.74. The molecule has 0 amide bonds. The van der Waals surface area contributed by atoms with Gasteiger partial charge in [-0.05, 0) is 18.2 Å². The number of pyridine rings is 1. The SMILES string of the molecule is COc1ccc(F)c(Nc2ccc([N+](=O)[O-])c(N)n2)c1. The lowest BCUT2D eigenvalue weighted by atomic mass is 10.2. The van der Waals surface area contributed by atoms with Gasteiger partial charge in [0.1, 0.15) is 17.4 Å². The molecule has 0 bridgehead atoms. The number of ether oxygens (including phenoxy) is 1. The van der Waals surface area contributed by atoms with Crippen LogP contribution in [-0.2, 0) is 0 Å². The van der Waals surface area contributed by atoms with Crippen LogP contribution in [0.4, 0.5) is 27.4 Å². The number of nitrogens with two attached hydrogens (primary N) is 1. The summed E-state index contributed by atoms with van der Waals surface area (Å²) in [5.74, 6) is -0.100. The topological polar surface area (TPSA) is 103 Å². The Hall–Kier alpha value is -2.90. The minimum Gasteiger partial charge on any atom is -0.497 e. The Morgan fingerprint density at radius 1 is 1.40 bits per heavy atom. The number of hydrogen-bond acceptors (Lipinski definition) is 6. The smallest absolute Gasteiger partial charge is 0.311 e. The van der Waals surface area contributed by atoms with Crippen LogP contribution < -0.4 is 15.8 Å². The lowest BCUT2D eigenvalue weighted by molar-refractivity contribution is -0.384. The van der Waals surface area contributed by atoms with E-state index in [1.54, 1.807) is 0 Å². The summed E-state index contributed by atoms with van der Waals surface area (Å²) in [5.41, 5.74) is 5.28. The fourth-order valence-electron chi connectivity index (χ4n) is 1.56. The van der Waals surface area contributed by atoms with E-state index in [1.165, 1.54) is 37.4 Å². The lowest BCUT2D eigenvalue weighted by Crippen LogP contribution is -2.02. The molecule has 1 aromatic carbocycles. The maximum atomic E-state index is 13.6. The van der Waals surface area contributed by atoms with E-state index in [2.05, 4.69) is 10.3 Å². The number of nitro groups is 1. The van der Waals surface area contributed by atoms with Crippen molar-refractivity contribution in [1.29, 1.82) is 0 Å². The first-order valence-corrected chi connectivity index (χ1v) is 5.52. The van der Waals surface area contributed by atoms with Crippen molar-refractivity contribution in [3.8, 4) is 5.75 Å². The van der Waals surface area contributed by atoms with Gasteiger partial charge < -0.3 is 15.8 Å². The highest BCUT2D eigenvalue weighted by Crippen LogP contribution is 2.26. The molecule has 0 aliphatic carbocycles. The Morgan fingerprint density at radius 3 is 2.75 bits per heavy atom. The van der Waals surface area contributed by atoms with Crippen molar-refractivity contribution in [3.63, 3.8) is 0 Å². The van der Waals surface area contributed by atoms with E-state index in [4.69, 9.17) is 10.5 Å². The molecule has 104 valence electrons. The molecule has 0 aliphatic heterocycles. The van der Waals surface area contributed by atoms with Crippen LogP contribution in [0.2, 0.25) is 0 Å². The van der Waals surface area contributed by atoms with Crippen LogP contribution >= 0.6 is 0 Å². The molecule has 3 N–H and O–H groups in total. The molecular weight excluding hydrogens is 267 g/mol. The van der Waals surface area contributed by atoms with Gasteiger partial charge in [-0.25, -0.2) is 9.37 Å². The summed E-state index contributed by atoms with van der Waals surface area (Å²) in [6.07, 6.45) is 0. The number of nitrogen functional groups attached to an aromatic ring is 1. The summed E-state index contributed by atoms with van der Waals surface area (Å²) in [7, 11) is 1.46. The molecule has 2 aromatic rings. The van der Waals surface area contributed by atoms with Crippen LogP contribution in [0.5, 0.6) is 5.75 Å². The van der Waals surface area contributed by atoms with Crippen molar-refractivity contribution in [3.05, 3.63) is 46.3 Å². The molecule has 8 heteroatoms. The van der Waals surface area contributed by atoms with Crippen molar-refractivity contribution < 1.29 is 14.1 Å². The molecule has 0 unspecified atom stereocenters. The maximum absolute atomic E-state index is 13.6. The molecule has 2 rings (SSSR count). The summed E-state index contributed by atoms with van der Waals surface area (Å²) < 4.78 is 18.6. The molecule has 0 spiro atoms. The largest absolute Gasteiger partial charge is 0.497 e. The number of halogens is 1. The number of aromatic nitrogens is 1. The Morgan fingerprint density at radius 2 is 2.15 bits per heavy atom. The highest BCUT2D eigenvalue weighted by atomic mass is 19.1. The van der Waals surface area contributed by atoms with Gasteiger partial charge in [0.15, 0.2) is 0 Å². The normalized spacial score (nSPS) is 10.1. The molecule has 1 aromatic heterocycles. The molecule has 20 heavy (non-hydrogen) atoms. The summed E-state index contributed by atoms with van der Waals surface area (Å²) in [5, 5.41) is 13.3. The second-order valence-corrected chi connectivity index (χ2v) is 3.83. The van der Waals surface area contributed by atoms with Gasteiger partial charge in [0.2, 0.25) is 5.82 Å². The fraction of sp³-hybridized carbons (Fsp3) is 0.0833. The highest BCUT2D eigenvalue weighted by Gasteiger charge is 2.13. The zero-order valence-corrected chi connectivity index (χ0v) is 10.5. The monoisotopic (exact) mass is 278 g/mol. The number of rotatable bonds is 4. The number of anilines is 3. The van der Waals surface area contributed by atoms with E-state index in [0.717, 1.165) is 0 Å². The predicted molar refractivity (Wildman–Crippen MR) is 71.5 cm³/mol. The minimum atomic E-state index is -0.641. The summed E-state index contributed by atoms with van der Waals surface area (Å²) >= 11 is 0. The molecule has 0 fully saturated rings. The van der Waals surface area contributed by atoms with Crippen LogP contribution in [0, 0.1) is 15.9 Å². The number of hydrogen-bond donors (Lipinski definition) is 2. The van der Waals surface area contributed by atoms with Crippen molar-refractivity contribution in [2.45, 2.75) is 0 Å². The van der Waals surface area contributed by atoms with Gasteiger partial charge in [0.05, 0.1) is 17.7 Å². The molecule has 7 nitrogen and oxygen atoms in total. The van der Waals surface area contributed by atoms with Crippen molar-refractivity contribution >= 4 is 23.0 Å². The zero-order valence-electron chi connectivity index (χ0n) is 10.5. The van der Waals surface area contributed by atoms with Crippen LogP contribution in [0.1, 0.15) is 0 Å². The third-order valence-electron chi connectivity index (χ3n) is 2.54. The van der Waals surface area contributed by atoms with Crippen LogP contribution in [0.3, 0.4) is 0 Å². The predicted octanol–water partition coefficient (Wildman–Crippen LogP) is 2.46. The van der Waals surface area contributed by atoms with Crippen LogP contribution in [0.15, 0.2) is 30.3 Å². The van der Waals surface area contributed by atoms with E-state index in [0.29, 0.717) is 5.75 Å². The van der Waals surface area contributed by atoms with E-state index in [1.807, 2.05) is 0 Å². The van der Waals surface area contributed by atoms with Gasteiger partial charge in [-0.1, -0.05) is 0 Å². The Kier molecular flexibility index (Phi) is 3.65. The summed E-state index contributed by atoms with van der Waals surface area (Å²) in [6, 6.07) is 6.68. The van der Waals surface area contributed by atoms with Crippen molar-refractivity contribution in [2.75, 3.05) is 18.2 Å². The van der Waals surface area contributed by atoms with Gasteiger partial charge in [-0.2, -0.15) is 0 Å². The average molecular weight is 278 g/mol. The van der Waals surface area contributed by atoms with Gasteiger partial charge in [0.25, 0.3) is 0 Å². The molecular formula is C12H11FN4O3. The first kappa shape index (κ1) is 13.5. The molecule has 1 heterocycles. The Labute approximate surface area is 113 Å². The summed E-state index contributed by atoms with van der Waals surface area (Å²) in [4.78, 5) is 13.8. The molecule has 0 radical (unpaired) electrons. The van der Waals surface area contributed by atoms with E-state index >= 15 is 0 Å². The van der Waals surface area contributed by atoms with E-state index in [-0.39, 0.29) is 23.0 Å². The first-order valence-electron chi connectivity index (χ1n) is 5.52. The van der Waals surface area contributed by atoms with Crippen LogP contribution in [0.25, 0.3) is 0 Å². The third-order valence-corrected chi connectivity index (χ3v) is 2.54. The quantitative estimate of drug-likeness (QED) is 0.657. The second kappa shape index (κ2) is 5.39. The molecule has 0 saturated carbocycles. The average Bonchev–Trinajstić information content (AvgIpc) is 2.41. The highest BCUT2D eigenvalue weighted by molar-refractivity contribution is 5.63. The van der Waals surface area contributed by atoms with Gasteiger partial charge in [0, 0.05) is 12.1 Å². The van der Waals surface area contributed by atoms with Crippen LogP contribution in [-0.4, -0.2) is 17.0 Å². The summed E-state index contributed by atoms with van der Waals surface area (Å²) in [6.45, 7) is 0. The Bertz CT molecular complexity index is 663. The fourth-order valence-corrected chi connectivity index (χ4v) is 1.56. The number of benzene rings is 1.